The highest BCUT2D eigenvalue weighted by Gasteiger charge is 2.74. The van der Waals surface area contributed by atoms with E-state index in [9.17, 15) is 5.11 Å². The summed E-state index contributed by atoms with van der Waals surface area (Å²) in [6.45, 7) is 0. The Hall–Kier alpha value is -6.06. The van der Waals surface area contributed by atoms with E-state index in [1.165, 1.54) is 7.11 Å². The summed E-state index contributed by atoms with van der Waals surface area (Å²) in [5, 5.41) is 17.1. The fraction of sp³-hybridized carbons (Fsp3) is 0.150. The van der Waals surface area contributed by atoms with Gasteiger partial charge >= 0.3 is 0 Å². The number of rotatable bonds is 8. The van der Waals surface area contributed by atoms with Crippen LogP contribution in [0.3, 0.4) is 0 Å². The third kappa shape index (κ3) is 4.36. The van der Waals surface area contributed by atoms with Crippen LogP contribution >= 0.6 is 0 Å². The van der Waals surface area contributed by atoms with Gasteiger partial charge in [-0.15, -0.1) is 0 Å². The van der Waals surface area contributed by atoms with Gasteiger partial charge in [0.1, 0.15) is 23.0 Å². The summed E-state index contributed by atoms with van der Waals surface area (Å²) in [5.74, 6) is 1.20. The molecule has 0 bridgehead atoms. The van der Waals surface area contributed by atoms with Gasteiger partial charge in [-0.25, -0.2) is 9.55 Å². The largest absolute Gasteiger partial charge is 0.497 e. The van der Waals surface area contributed by atoms with Crippen molar-refractivity contribution in [2.24, 2.45) is 0 Å². The number of aliphatic hydroxyl groups is 1. The summed E-state index contributed by atoms with van der Waals surface area (Å²) in [5.41, 5.74) is -0.471. The molecule has 1 aliphatic heterocycles. The van der Waals surface area contributed by atoms with Crippen LogP contribution in [0.1, 0.15) is 33.9 Å². The Kier molecular flexibility index (Phi) is 7.15. The summed E-state index contributed by atoms with van der Waals surface area (Å²) in [7, 11) is 4.68. The van der Waals surface area contributed by atoms with E-state index < -0.39 is 17.1 Å². The summed E-state index contributed by atoms with van der Waals surface area (Å²) in [4.78, 5) is 20.5. The van der Waals surface area contributed by atoms with E-state index >= 15 is 4.79 Å². The average molecular weight is 652 g/mol. The van der Waals surface area contributed by atoms with Gasteiger partial charge in [-0.05, 0) is 42.0 Å². The second kappa shape index (κ2) is 11.6. The van der Waals surface area contributed by atoms with E-state index in [2.05, 4.69) is 5.32 Å². The maximum absolute atomic E-state index is 15.3. The third-order valence-corrected chi connectivity index (χ3v) is 9.52. The molecule has 3 atom stereocenters. The van der Waals surface area contributed by atoms with E-state index in [-0.39, 0.29) is 17.2 Å². The molecule has 2 aliphatic rings. The van der Waals surface area contributed by atoms with Crippen LogP contribution in [0, 0.1) is 0 Å². The van der Waals surface area contributed by atoms with Gasteiger partial charge in [0.15, 0.2) is 11.2 Å². The van der Waals surface area contributed by atoms with E-state index in [0.717, 1.165) is 11.3 Å². The fourth-order valence-corrected chi connectivity index (χ4v) is 7.42. The molecule has 2 N–H and O–H groups in total. The Bertz CT molecular complexity index is 2230. The van der Waals surface area contributed by atoms with Crippen LogP contribution in [-0.4, -0.2) is 36.0 Å². The molecule has 8 rings (SSSR count). The van der Waals surface area contributed by atoms with E-state index in [1.54, 1.807) is 30.9 Å². The second-order valence-corrected chi connectivity index (χ2v) is 12.0. The number of benzene rings is 5. The lowest BCUT2D eigenvalue weighted by atomic mass is 9.70. The van der Waals surface area contributed by atoms with Crippen molar-refractivity contribution < 1.29 is 24.1 Å². The quantitative estimate of drug-likeness (QED) is 0.188. The first-order valence-electron chi connectivity index (χ1n) is 15.9. The van der Waals surface area contributed by atoms with Crippen molar-refractivity contribution >= 4 is 11.6 Å². The van der Waals surface area contributed by atoms with Crippen LogP contribution in [0.5, 0.6) is 23.0 Å². The second-order valence-electron chi connectivity index (χ2n) is 12.0. The lowest BCUT2D eigenvalue weighted by Gasteiger charge is -2.40. The monoisotopic (exact) mass is 651 g/mol. The molecule has 1 aromatic heterocycles. The Morgan fingerprint density at radius 2 is 1.41 bits per heavy atom. The highest BCUT2D eigenvalue weighted by molar-refractivity contribution is 5.70. The van der Waals surface area contributed by atoms with Gasteiger partial charge in [0.05, 0.1) is 49.8 Å². The lowest BCUT2D eigenvalue weighted by molar-refractivity contribution is -0.0909. The molecule has 0 fully saturated rings. The first-order valence-corrected chi connectivity index (χ1v) is 15.9. The molecule has 0 saturated heterocycles. The Balaban J connectivity index is 1.53. The number of anilines is 2. The number of fused-ring (bicyclic) bond motifs is 5. The van der Waals surface area contributed by atoms with E-state index in [0.29, 0.717) is 45.4 Å². The number of methoxy groups -OCH3 is 3. The summed E-state index contributed by atoms with van der Waals surface area (Å²) < 4.78 is 25.7. The standard InChI is InChI=1S/C40H33N3O6/c1-46-29-21-19-26(20-22-29)40-34(25-13-7-4-8-14-25)33-36(39(40,45)35-31(48-3)23-30(47-2)24-32(35)49-40)42-38(41-27-15-9-5-10-16-27)43(37(33)44)28-17-11-6-12-18-28/h4-24,34,45H,1-3H3,(H,41,42)/t34-,39+,40+/m1/s1. The van der Waals surface area contributed by atoms with Crippen LogP contribution in [0.15, 0.2) is 132 Å². The highest BCUT2D eigenvalue weighted by atomic mass is 16.5. The topological polar surface area (TPSA) is 104 Å². The zero-order chi connectivity index (χ0) is 33.8. The van der Waals surface area contributed by atoms with Gasteiger partial charge in [-0.1, -0.05) is 78.9 Å². The molecule has 9 heteroatoms. The van der Waals surface area contributed by atoms with Gasteiger partial charge in [-0.3, -0.25) is 4.79 Å². The van der Waals surface area contributed by atoms with Crippen molar-refractivity contribution in [1.82, 2.24) is 9.55 Å². The zero-order valence-corrected chi connectivity index (χ0v) is 27.1. The van der Waals surface area contributed by atoms with Crippen molar-refractivity contribution in [2.45, 2.75) is 17.1 Å². The normalized spacial score (nSPS) is 20.0. The van der Waals surface area contributed by atoms with Crippen LogP contribution in [0.2, 0.25) is 0 Å². The smallest absolute Gasteiger partial charge is 0.263 e. The maximum Gasteiger partial charge on any atom is 0.263 e. The predicted molar refractivity (Wildman–Crippen MR) is 186 cm³/mol. The minimum atomic E-state index is -2.02. The first-order chi connectivity index (χ1) is 23.9. The molecule has 6 aromatic rings. The zero-order valence-electron chi connectivity index (χ0n) is 27.1. The van der Waals surface area contributed by atoms with Crippen LogP contribution in [-0.2, 0) is 11.2 Å². The molecule has 9 nitrogen and oxygen atoms in total. The molecule has 49 heavy (non-hydrogen) atoms. The Labute approximate surface area is 283 Å². The molecular formula is C40H33N3O6. The van der Waals surface area contributed by atoms with Gasteiger partial charge in [0, 0.05) is 23.4 Å². The average Bonchev–Trinajstić information content (AvgIpc) is 3.54. The summed E-state index contributed by atoms with van der Waals surface area (Å²) in [6.07, 6.45) is 0. The number of hydrogen-bond donors (Lipinski definition) is 2. The summed E-state index contributed by atoms with van der Waals surface area (Å²) >= 11 is 0. The molecule has 244 valence electrons. The minimum Gasteiger partial charge on any atom is -0.497 e. The van der Waals surface area contributed by atoms with E-state index in [4.69, 9.17) is 23.9 Å². The lowest BCUT2D eigenvalue weighted by Crippen LogP contribution is -2.49. The predicted octanol–water partition coefficient (Wildman–Crippen LogP) is 6.67. The number of nitrogens with zero attached hydrogens (tertiary/aromatic N) is 2. The molecule has 0 saturated carbocycles. The molecule has 0 amide bonds. The van der Waals surface area contributed by atoms with Crippen molar-refractivity contribution in [1.29, 1.82) is 0 Å². The Morgan fingerprint density at radius 3 is 2.04 bits per heavy atom. The third-order valence-electron chi connectivity index (χ3n) is 9.52. The molecular weight excluding hydrogens is 618 g/mol. The first kappa shape index (κ1) is 30.3. The van der Waals surface area contributed by atoms with E-state index in [1.807, 2.05) is 115 Å². The minimum absolute atomic E-state index is 0.162. The molecule has 0 radical (unpaired) electrons. The van der Waals surface area contributed by atoms with Crippen molar-refractivity contribution in [2.75, 3.05) is 26.6 Å². The molecule has 0 spiro atoms. The van der Waals surface area contributed by atoms with Crippen molar-refractivity contribution in [3.8, 4) is 28.7 Å². The van der Waals surface area contributed by atoms with Crippen molar-refractivity contribution in [3.63, 3.8) is 0 Å². The molecule has 2 heterocycles. The maximum atomic E-state index is 15.3. The number of hydrogen-bond acceptors (Lipinski definition) is 8. The van der Waals surface area contributed by atoms with Crippen LogP contribution in [0.4, 0.5) is 11.6 Å². The van der Waals surface area contributed by atoms with Gasteiger partial charge < -0.3 is 29.4 Å². The molecule has 0 unspecified atom stereocenters. The Morgan fingerprint density at radius 1 is 0.776 bits per heavy atom. The number of para-hydroxylation sites is 2. The van der Waals surface area contributed by atoms with Gasteiger partial charge in [0.2, 0.25) is 5.95 Å². The van der Waals surface area contributed by atoms with Crippen LogP contribution < -0.4 is 29.8 Å². The number of nitrogens with one attached hydrogen (secondary N) is 1. The van der Waals surface area contributed by atoms with Gasteiger partial charge in [-0.2, -0.15) is 0 Å². The van der Waals surface area contributed by atoms with Crippen molar-refractivity contribution in [3.05, 3.63) is 166 Å². The molecule has 5 aromatic carbocycles. The fourth-order valence-electron chi connectivity index (χ4n) is 7.42. The van der Waals surface area contributed by atoms with Crippen LogP contribution in [0.25, 0.3) is 5.69 Å². The number of ether oxygens (including phenoxy) is 4. The molecule has 1 aliphatic carbocycles. The number of aromatic nitrogens is 2. The highest BCUT2D eigenvalue weighted by Crippen LogP contribution is 2.69. The van der Waals surface area contributed by atoms with Gasteiger partial charge in [0.25, 0.3) is 5.56 Å². The SMILES string of the molecule is COc1ccc([C@@]23Oc4cc(OC)cc(OC)c4[C@]2(O)c2nc(Nc4ccccc4)n(-c4ccccc4)c(=O)c2[C@H]3c2ccccc2)cc1. The summed E-state index contributed by atoms with van der Waals surface area (Å²) in [6, 6.07) is 39.2.